The Hall–Kier alpha value is -0.0200. The first-order valence-electron chi connectivity index (χ1n) is 6.04. The van der Waals surface area contributed by atoms with Gasteiger partial charge >= 0.3 is 0 Å². The second-order valence-electron chi connectivity index (χ2n) is 4.79. The highest BCUT2D eigenvalue weighted by molar-refractivity contribution is 8.13. The van der Waals surface area contributed by atoms with E-state index in [-0.39, 0.29) is 5.92 Å². The van der Waals surface area contributed by atoms with Crippen molar-refractivity contribution in [2.75, 3.05) is 5.75 Å². The second-order valence-corrected chi connectivity index (χ2v) is 5.89. The third kappa shape index (κ3) is 2.76. The number of carbonyl (C=O) groups is 1. The normalized spacial score (nSPS) is 38.5. The van der Waals surface area contributed by atoms with Crippen LogP contribution in [0.2, 0.25) is 0 Å². The topological polar surface area (TPSA) is 29.6 Å². The van der Waals surface area contributed by atoms with Crippen molar-refractivity contribution in [3.05, 3.63) is 0 Å². The minimum Gasteiger partial charge on any atom is -0.370 e. The maximum atomic E-state index is 12.0. The lowest BCUT2D eigenvalue weighted by Crippen LogP contribution is -2.27. The van der Waals surface area contributed by atoms with E-state index in [2.05, 4.69) is 13.8 Å². The molecule has 0 N–H and O–H groups in total. The van der Waals surface area contributed by atoms with Crippen LogP contribution >= 0.6 is 11.8 Å². The number of hydrogen-bond acceptors (Lipinski definition) is 3. The first kappa shape index (κ1) is 11.5. The lowest BCUT2D eigenvalue weighted by molar-refractivity contribution is -0.116. The van der Waals surface area contributed by atoms with Crippen molar-refractivity contribution >= 4 is 16.9 Å². The molecule has 86 valence electrons. The molecular weight excluding hydrogens is 208 g/mol. The molecule has 0 aromatic heterocycles. The summed E-state index contributed by atoms with van der Waals surface area (Å²) in [6.45, 7) is 4.36. The van der Waals surface area contributed by atoms with Crippen molar-refractivity contribution in [2.45, 2.75) is 51.7 Å². The van der Waals surface area contributed by atoms with Crippen LogP contribution in [0.25, 0.3) is 0 Å². The molecule has 15 heavy (non-hydrogen) atoms. The van der Waals surface area contributed by atoms with E-state index in [0.717, 1.165) is 25.0 Å². The molecule has 2 aliphatic rings. The van der Waals surface area contributed by atoms with Gasteiger partial charge in [-0.3, -0.25) is 4.79 Å². The number of epoxide rings is 1. The maximum absolute atomic E-state index is 12.0. The summed E-state index contributed by atoms with van der Waals surface area (Å²) in [6.07, 6.45) is 5.31. The summed E-state index contributed by atoms with van der Waals surface area (Å²) in [6, 6.07) is 0. The number of ether oxygens (including phenoxy) is 1. The number of carbonyl (C=O) groups excluding carboxylic acids is 1. The Morgan fingerprint density at radius 1 is 1.40 bits per heavy atom. The van der Waals surface area contributed by atoms with Crippen LogP contribution in [0.1, 0.15) is 39.5 Å². The van der Waals surface area contributed by atoms with Gasteiger partial charge in [-0.05, 0) is 25.2 Å². The lowest BCUT2D eigenvalue weighted by atomic mass is 9.81. The van der Waals surface area contributed by atoms with Crippen LogP contribution in [0.15, 0.2) is 0 Å². The van der Waals surface area contributed by atoms with E-state index in [1.54, 1.807) is 0 Å². The quantitative estimate of drug-likeness (QED) is 0.547. The van der Waals surface area contributed by atoms with Gasteiger partial charge in [-0.15, -0.1) is 0 Å². The number of rotatable bonds is 4. The monoisotopic (exact) mass is 228 g/mol. The fourth-order valence-electron chi connectivity index (χ4n) is 2.36. The fourth-order valence-corrected chi connectivity index (χ4v) is 3.54. The standard InChI is InChI=1S/C12H20O2S/c1-3-4-5-15-12(13)9-7-11-10(14-11)6-8(9)2/h8-11H,3-7H2,1-2H3. The van der Waals surface area contributed by atoms with Gasteiger partial charge in [0.1, 0.15) is 0 Å². The highest BCUT2D eigenvalue weighted by Crippen LogP contribution is 2.44. The van der Waals surface area contributed by atoms with E-state index in [0.29, 0.717) is 23.2 Å². The van der Waals surface area contributed by atoms with Crippen LogP contribution in [0, 0.1) is 11.8 Å². The maximum Gasteiger partial charge on any atom is 0.192 e. The molecule has 2 fully saturated rings. The molecule has 3 heteroatoms. The van der Waals surface area contributed by atoms with Crippen LogP contribution in [0.4, 0.5) is 0 Å². The molecule has 4 unspecified atom stereocenters. The molecule has 1 aliphatic heterocycles. The van der Waals surface area contributed by atoms with Crippen LogP contribution in [0.5, 0.6) is 0 Å². The zero-order valence-corrected chi connectivity index (χ0v) is 10.4. The minimum absolute atomic E-state index is 0.260. The van der Waals surface area contributed by atoms with E-state index in [1.165, 1.54) is 18.2 Å². The van der Waals surface area contributed by atoms with E-state index in [1.807, 2.05) is 0 Å². The molecule has 1 aliphatic carbocycles. The Balaban J connectivity index is 1.78. The van der Waals surface area contributed by atoms with Crippen molar-refractivity contribution in [2.24, 2.45) is 11.8 Å². The summed E-state index contributed by atoms with van der Waals surface area (Å²) in [5.74, 6) is 1.78. The summed E-state index contributed by atoms with van der Waals surface area (Å²) < 4.78 is 5.49. The van der Waals surface area contributed by atoms with Crippen LogP contribution < -0.4 is 0 Å². The molecular formula is C12H20O2S. The molecule has 0 radical (unpaired) electrons. The third-order valence-electron chi connectivity index (χ3n) is 3.51. The Kier molecular flexibility index (Phi) is 3.73. The largest absolute Gasteiger partial charge is 0.370 e. The average molecular weight is 228 g/mol. The number of thioether (sulfide) groups is 1. The van der Waals surface area contributed by atoms with E-state index < -0.39 is 0 Å². The van der Waals surface area contributed by atoms with Gasteiger partial charge in [0.25, 0.3) is 0 Å². The lowest BCUT2D eigenvalue weighted by Gasteiger charge is -2.24. The molecule has 4 atom stereocenters. The predicted octanol–water partition coefficient (Wildman–Crippen LogP) is 2.86. The molecule has 0 amide bonds. The van der Waals surface area contributed by atoms with Crippen molar-refractivity contribution in [1.82, 2.24) is 0 Å². The van der Waals surface area contributed by atoms with Gasteiger partial charge in [0, 0.05) is 11.7 Å². The smallest absolute Gasteiger partial charge is 0.192 e. The zero-order valence-electron chi connectivity index (χ0n) is 9.57. The minimum atomic E-state index is 0.260. The SMILES string of the molecule is CCCCSC(=O)C1CC2OC2CC1C. The van der Waals surface area contributed by atoms with Gasteiger partial charge in [-0.1, -0.05) is 32.0 Å². The predicted molar refractivity (Wildman–Crippen MR) is 62.9 cm³/mol. The molecule has 2 rings (SSSR count). The van der Waals surface area contributed by atoms with Gasteiger partial charge in [0.2, 0.25) is 0 Å². The molecule has 1 saturated heterocycles. The molecule has 0 spiro atoms. The highest BCUT2D eigenvalue weighted by Gasteiger charge is 2.48. The molecule has 0 aromatic rings. The summed E-state index contributed by atoms with van der Waals surface area (Å²) in [5.41, 5.74) is 0. The molecule has 1 heterocycles. The fraction of sp³-hybridized carbons (Fsp3) is 0.917. The first-order chi connectivity index (χ1) is 7.22. The Labute approximate surface area is 96.1 Å². The number of unbranched alkanes of at least 4 members (excludes halogenated alkanes) is 1. The van der Waals surface area contributed by atoms with Crippen molar-refractivity contribution in [1.29, 1.82) is 0 Å². The van der Waals surface area contributed by atoms with Gasteiger partial charge in [-0.25, -0.2) is 0 Å². The zero-order chi connectivity index (χ0) is 10.8. The molecule has 2 nitrogen and oxygen atoms in total. The summed E-state index contributed by atoms with van der Waals surface area (Å²) in [4.78, 5) is 12.0. The molecule has 1 saturated carbocycles. The second kappa shape index (κ2) is 4.88. The first-order valence-corrected chi connectivity index (χ1v) is 7.03. The van der Waals surface area contributed by atoms with Crippen molar-refractivity contribution < 1.29 is 9.53 Å². The Morgan fingerprint density at radius 2 is 2.13 bits per heavy atom. The van der Waals surface area contributed by atoms with Crippen LogP contribution in [-0.2, 0) is 9.53 Å². The number of fused-ring (bicyclic) bond motifs is 1. The summed E-state index contributed by atoms with van der Waals surface area (Å²) in [7, 11) is 0. The van der Waals surface area contributed by atoms with Crippen LogP contribution in [0.3, 0.4) is 0 Å². The van der Waals surface area contributed by atoms with Gasteiger partial charge < -0.3 is 4.74 Å². The average Bonchev–Trinajstić information content (AvgIpc) is 2.94. The van der Waals surface area contributed by atoms with E-state index in [9.17, 15) is 4.79 Å². The van der Waals surface area contributed by atoms with Gasteiger partial charge in [0.05, 0.1) is 12.2 Å². The van der Waals surface area contributed by atoms with Crippen molar-refractivity contribution in [3.8, 4) is 0 Å². The summed E-state index contributed by atoms with van der Waals surface area (Å²) >= 11 is 1.54. The van der Waals surface area contributed by atoms with Gasteiger partial charge in [-0.2, -0.15) is 0 Å². The van der Waals surface area contributed by atoms with E-state index in [4.69, 9.17) is 4.74 Å². The Bertz CT molecular complexity index is 242. The third-order valence-corrected chi connectivity index (χ3v) is 4.59. The van der Waals surface area contributed by atoms with Crippen molar-refractivity contribution in [3.63, 3.8) is 0 Å². The molecule has 0 bridgehead atoms. The van der Waals surface area contributed by atoms with Gasteiger partial charge in [0.15, 0.2) is 5.12 Å². The molecule has 0 aromatic carbocycles. The summed E-state index contributed by atoms with van der Waals surface area (Å²) in [5, 5.41) is 0.407. The van der Waals surface area contributed by atoms with Crippen LogP contribution in [-0.4, -0.2) is 23.1 Å². The van der Waals surface area contributed by atoms with E-state index >= 15 is 0 Å². The highest BCUT2D eigenvalue weighted by atomic mass is 32.2. The number of hydrogen-bond donors (Lipinski definition) is 0. The Morgan fingerprint density at radius 3 is 2.87 bits per heavy atom.